The predicted octanol–water partition coefficient (Wildman–Crippen LogP) is -0.0498. The summed E-state index contributed by atoms with van der Waals surface area (Å²) in [6.45, 7) is 0.334. The summed E-state index contributed by atoms with van der Waals surface area (Å²) in [4.78, 5) is 10.6. The van der Waals surface area contributed by atoms with Crippen molar-refractivity contribution in [3.8, 4) is 0 Å². The number of aromatic carboxylic acids is 1. The van der Waals surface area contributed by atoms with Crippen molar-refractivity contribution in [1.29, 1.82) is 0 Å². The fraction of sp³-hybridized carbons (Fsp3) is 0.333. The predicted molar refractivity (Wildman–Crippen MR) is 54.6 cm³/mol. The zero-order chi connectivity index (χ0) is 12.2. The number of hydrogen-bond acceptors (Lipinski definition) is 3. The van der Waals surface area contributed by atoms with Crippen molar-refractivity contribution in [3.63, 3.8) is 0 Å². The number of nitrogens with zero attached hydrogens (tertiary/aromatic N) is 1. The van der Waals surface area contributed by atoms with Gasteiger partial charge in [0, 0.05) is 12.5 Å². The molecular weight excluding hydrogens is 234 g/mol. The van der Waals surface area contributed by atoms with Crippen LogP contribution in [-0.2, 0) is 16.7 Å². The highest BCUT2D eigenvalue weighted by Gasteiger charge is 2.10. The molecule has 16 heavy (non-hydrogen) atoms. The second-order valence-electron chi connectivity index (χ2n) is 3.28. The third-order valence-corrected chi connectivity index (χ3v) is 2.73. The number of aromatic nitrogens is 1. The van der Waals surface area contributed by atoms with E-state index in [1.807, 2.05) is 0 Å². The van der Waals surface area contributed by atoms with Crippen LogP contribution in [0.5, 0.6) is 0 Å². The molecule has 6 nitrogen and oxygen atoms in total. The Labute approximate surface area is 92.9 Å². The van der Waals surface area contributed by atoms with Crippen LogP contribution in [0.2, 0.25) is 0 Å². The van der Waals surface area contributed by atoms with Crippen LogP contribution in [0.4, 0.5) is 0 Å². The first kappa shape index (κ1) is 12.6. The van der Waals surface area contributed by atoms with Crippen molar-refractivity contribution in [1.82, 2.24) is 0 Å². The highest BCUT2D eigenvalue weighted by molar-refractivity contribution is 7.85. The Bertz CT molecular complexity index is 482. The lowest BCUT2D eigenvalue weighted by Crippen LogP contribution is -2.34. The van der Waals surface area contributed by atoms with Crippen molar-refractivity contribution in [3.05, 3.63) is 30.1 Å². The number of pyridine rings is 1. The summed E-state index contributed by atoms with van der Waals surface area (Å²) in [5, 5.41) is 8.71. The highest BCUT2D eigenvalue weighted by atomic mass is 32.2. The number of carbonyl (C=O) groups is 1. The molecule has 88 valence electrons. The summed E-state index contributed by atoms with van der Waals surface area (Å²) in [6.07, 6.45) is 3.27. The maximum atomic E-state index is 10.6. The highest BCUT2D eigenvalue weighted by Crippen LogP contribution is 1.95. The van der Waals surface area contributed by atoms with Gasteiger partial charge in [-0.1, -0.05) is 0 Å². The maximum absolute atomic E-state index is 10.6. The van der Waals surface area contributed by atoms with Crippen LogP contribution >= 0.6 is 0 Å². The fourth-order valence-electron chi connectivity index (χ4n) is 1.22. The molecule has 0 fully saturated rings. The smallest absolute Gasteiger partial charge is 0.341 e. The minimum atomic E-state index is -3.95. The number of rotatable bonds is 5. The standard InChI is InChI=1S/C9H11NO5S/c11-9(12)8-3-1-4-10(7-8)5-2-6-16(13,14)15/h1,3-4,7H,2,5-6H2,(H-,11,12,13,14,15)/p+1. The third kappa shape index (κ3) is 4.37. The van der Waals surface area contributed by atoms with E-state index in [-0.39, 0.29) is 17.7 Å². The van der Waals surface area contributed by atoms with Crippen molar-refractivity contribution in [2.45, 2.75) is 13.0 Å². The van der Waals surface area contributed by atoms with Crippen LogP contribution in [-0.4, -0.2) is 29.8 Å². The summed E-state index contributed by atoms with van der Waals surface area (Å²) in [5.41, 5.74) is 0.134. The number of hydrogen-bond donors (Lipinski definition) is 2. The van der Waals surface area contributed by atoms with Gasteiger partial charge in [0.2, 0.25) is 0 Å². The molecule has 0 saturated carbocycles. The van der Waals surface area contributed by atoms with Gasteiger partial charge in [-0.2, -0.15) is 8.42 Å². The first-order valence-corrected chi connectivity index (χ1v) is 6.17. The Balaban J connectivity index is 2.61. The molecule has 0 aliphatic carbocycles. The summed E-state index contributed by atoms with van der Waals surface area (Å²) >= 11 is 0. The molecule has 0 saturated heterocycles. The Hall–Kier alpha value is -1.47. The Morgan fingerprint density at radius 2 is 2.12 bits per heavy atom. The molecule has 0 bridgehead atoms. The Morgan fingerprint density at radius 1 is 1.44 bits per heavy atom. The molecule has 0 spiro atoms. The topological polar surface area (TPSA) is 95.5 Å². The normalized spacial score (nSPS) is 11.3. The van der Waals surface area contributed by atoms with Crippen LogP contribution in [0.1, 0.15) is 16.8 Å². The van der Waals surface area contributed by atoms with Crippen LogP contribution in [0, 0.1) is 0 Å². The van der Waals surface area contributed by atoms with E-state index in [1.165, 1.54) is 12.3 Å². The van der Waals surface area contributed by atoms with Gasteiger partial charge >= 0.3 is 5.97 Å². The zero-order valence-corrected chi connectivity index (χ0v) is 9.22. The van der Waals surface area contributed by atoms with Gasteiger partial charge in [-0.05, 0) is 6.07 Å². The minimum Gasteiger partial charge on any atom is -0.477 e. The van der Waals surface area contributed by atoms with Gasteiger partial charge in [0.1, 0.15) is 12.1 Å². The third-order valence-electron chi connectivity index (χ3n) is 1.92. The van der Waals surface area contributed by atoms with E-state index in [0.29, 0.717) is 6.54 Å². The molecule has 7 heteroatoms. The van der Waals surface area contributed by atoms with Gasteiger partial charge in [0.15, 0.2) is 12.4 Å². The first-order valence-electron chi connectivity index (χ1n) is 4.56. The molecule has 1 rings (SSSR count). The van der Waals surface area contributed by atoms with Crippen molar-refractivity contribution >= 4 is 16.1 Å². The van der Waals surface area contributed by atoms with E-state index < -0.39 is 16.1 Å². The average molecular weight is 246 g/mol. The molecule has 2 N–H and O–H groups in total. The van der Waals surface area contributed by atoms with Crippen LogP contribution in [0.25, 0.3) is 0 Å². The molecule has 0 atom stereocenters. The fourth-order valence-corrected chi connectivity index (χ4v) is 1.71. The summed E-state index contributed by atoms with van der Waals surface area (Å²) in [6, 6.07) is 3.01. The molecular formula is C9H12NO5S+. The summed E-state index contributed by atoms with van der Waals surface area (Å²) in [7, 11) is -3.95. The second kappa shape index (κ2) is 5.04. The van der Waals surface area contributed by atoms with Crippen molar-refractivity contribution < 1.29 is 27.4 Å². The SMILES string of the molecule is O=C(O)c1ccc[n+](CCCS(=O)(=O)O)c1. The van der Waals surface area contributed by atoms with Crippen LogP contribution < -0.4 is 4.57 Å². The first-order chi connectivity index (χ1) is 7.38. The Morgan fingerprint density at radius 3 is 2.69 bits per heavy atom. The quantitative estimate of drug-likeness (QED) is 0.561. The van der Waals surface area contributed by atoms with Gasteiger partial charge in [0.05, 0.1) is 5.75 Å². The van der Waals surface area contributed by atoms with E-state index in [1.54, 1.807) is 16.8 Å². The molecule has 0 amide bonds. The van der Waals surface area contributed by atoms with Crippen molar-refractivity contribution in [2.75, 3.05) is 5.75 Å². The van der Waals surface area contributed by atoms with E-state index >= 15 is 0 Å². The average Bonchev–Trinajstić information content (AvgIpc) is 2.16. The lowest BCUT2D eigenvalue weighted by Gasteiger charge is -1.97. The lowest BCUT2D eigenvalue weighted by atomic mass is 10.3. The number of aryl methyl sites for hydroxylation is 1. The summed E-state index contributed by atoms with van der Waals surface area (Å²) in [5.74, 6) is -1.37. The maximum Gasteiger partial charge on any atom is 0.341 e. The molecule has 0 aliphatic rings. The molecule has 0 radical (unpaired) electrons. The molecule has 1 aromatic heterocycles. The molecule has 1 aromatic rings. The number of carboxylic acid groups (broad SMARTS) is 1. The van der Waals surface area contributed by atoms with Gasteiger partial charge in [-0.25, -0.2) is 9.36 Å². The zero-order valence-electron chi connectivity index (χ0n) is 8.41. The lowest BCUT2D eigenvalue weighted by molar-refractivity contribution is -0.697. The van der Waals surface area contributed by atoms with E-state index in [4.69, 9.17) is 9.66 Å². The largest absolute Gasteiger partial charge is 0.477 e. The van der Waals surface area contributed by atoms with Gasteiger partial charge in [-0.3, -0.25) is 4.55 Å². The van der Waals surface area contributed by atoms with E-state index in [0.717, 1.165) is 0 Å². The number of carboxylic acids is 1. The van der Waals surface area contributed by atoms with E-state index in [2.05, 4.69) is 0 Å². The Kier molecular flexibility index (Phi) is 3.97. The summed E-state index contributed by atoms with van der Waals surface area (Å²) < 4.78 is 31.0. The molecule has 0 aromatic carbocycles. The van der Waals surface area contributed by atoms with Gasteiger partial charge in [-0.15, -0.1) is 0 Å². The minimum absolute atomic E-state index is 0.134. The monoisotopic (exact) mass is 246 g/mol. The van der Waals surface area contributed by atoms with Crippen molar-refractivity contribution in [2.24, 2.45) is 0 Å². The van der Waals surface area contributed by atoms with Gasteiger partial charge < -0.3 is 5.11 Å². The van der Waals surface area contributed by atoms with Crippen LogP contribution in [0.15, 0.2) is 24.5 Å². The molecule has 0 unspecified atom stereocenters. The van der Waals surface area contributed by atoms with Crippen LogP contribution in [0.3, 0.4) is 0 Å². The van der Waals surface area contributed by atoms with E-state index in [9.17, 15) is 13.2 Å². The molecule has 1 heterocycles. The molecule has 0 aliphatic heterocycles. The second-order valence-corrected chi connectivity index (χ2v) is 4.85. The van der Waals surface area contributed by atoms with Gasteiger partial charge in [0.25, 0.3) is 10.1 Å².